The normalized spacial score (nSPS) is 12.7. The van der Waals surface area contributed by atoms with E-state index in [1.54, 1.807) is 0 Å². The van der Waals surface area contributed by atoms with Crippen LogP contribution < -0.4 is 0 Å². The van der Waals surface area contributed by atoms with Gasteiger partial charge in [-0.3, -0.25) is 0 Å². The van der Waals surface area contributed by atoms with Crippen molar-refractivity contribution in [3.8, 4) is 78.4 Å². The molecule has 0 bridgehead atoms. The summed E-state index contributed by atoms with van der Waals surface area (Å²) in [6.45, 7) is 4.74. The maximum atomic E-state index is 5.16. The molecule has 8 aromatic carbocycles. The van der Waals surface area contributed by atoms with E-state index in [0.29, 0.717) is 5.82 Å². The summed E-state index contributed by atoms with van der Waals surface area (Å²) in [6, 6.07) is 69.4. The van der Waals surface area contributed by atoms with E-state index in [1.165, 1.54) is 55.3 Å². The first-order valence-corrected chi connectivity index (χ1v) is 19.0. The minimum atomic E-state index is -0.0900. The van der Waals surface area contributed by atoms with Gasteiger partial charge < -0.3 is 0 Å². The molecule has 0 atom stereocenters. The fourth-order valence-electron chi connectivity index (χ4n) is 8.52. The van der Waals surface area contributed by atoms with Crippen molar-refractivity contribution in [3.63, 3.8) is 0 Å². The smallest absolute Gasteiger partial charge is 0.160 e. The zero-order chi connectivity index (χ0) is 36.9. The van der Waals surface area contributed by atoms with E-state index in [2.05, 4.69) is 196 Å². The quantitative estimate of drug-likeness (QED) is 0.172. The van der Waals surface area contributed by atoms with Crippen LogP contribution in [0.15, 0.2) is 194 Å². The van der Waals surface area contributed by atoms with Crippen molar-refractivity contribution in [1.82, 2.24) is 9.97 Å². The highest BCUT2D eigenvalue weighted by atomic mass is 14.9. The van der Waals surface area contributed by atoms with Gasteiger partial charge in [0, 0.05) is 22.1 Å². The van der Waals surface area contributed by atoms with E-state index in [-0.39, 0.29) is 5.41 Å². The number of hydrogen-bond donors (Lipinski definition) is 0. The van der Waals surface area contributed by atoms with E-state index in [9.17, 15) is 0 Å². The minimum Gasteiger partial charge on any atom is -0.228 e. The summed E-state index contributed by atoms with van der Waals surface area (Å²) in [4.78, 5) is 10.3. The topological polar surface area (TPSA) is 25.8 Å². The molecule has 0 saturated heterocycles. The van der Waals surface area contributed by atoms with Gasteiger partial charge in [-0.15, -0.1) is 0 Å². The molecule has 1 aliphatic rings. The number of aromatic nitrogens is 2. The van der Waals surface area contributed by atoms with Gasteiger partial charge in [-0.25, -0.2) is 9.97 Å². The van der Waals surface area contributed by atoms with Crippen LogP contribution in [0.2, 0.25) is 0 Å². The Morgan fingerprint density at radius 2 is 0.891 bits per heavy atom. The SMILES string of the molecule is CC1(C)c2cccc(-c3ccc(-c4cccc(-c5nc(-c6ccccc6)cc(-c6ccc(-c7ccccc7)cc6)n5)c4)cc3)c2-c2ccc3ccccc3c21. The van der Waals surface area contributed by atoms with Crippen LogP contribution in [-0.2, 0) is 5.41 Å². The van der Waals surface area contributed by atoms with E-state index >= 15 is 0 Å². The largest absolute Gasteiger partial charge is 0.228 e. The molecule has 1 aliphatic carbocycles. The zero-order valence-electron chi connectivity index (χ0n) is 30.9. The number of fused-ring (bicyclic) bond motifs is 5. The molecule has 10 rings (SSSR count). The minimum absolute atomic E-state index is 0.0900. The number of hydrogen-bond acceptors (Lipinski definition) is 2. The third kappa shape index (κ3) is 5.75. The summed E-state index contributed by atoms with van der Waals surface area (Å²) in [5.74, 6) is 0.704. The second kappa shape index (κ2) is 13.2. The number of benzene rings is 8. The molecular weight excluding hydrogens is 665 g/mol. The Labute approximate surface area is 322 Å². The summed E-state index contributed by atoms with van der Waals surface area (Å²) in [6.07, 6.45) is 0. The molecule has 9 aromatic rings. The van der Waals surface area contributed by atoms with Crippen LogP contribution in [-0.4, -0.2) is 9.97 Å². The molecular formula is C53H38N2. The summed E-state index contributed by atoms with van der Waals surface area (Å²) in [5.41, 5.74) is 17.5. The summed E-state index contributed by atoms with van der Waals surface area (Å²) in [7, 11) is 0. The van der Waals surface area contributed by atoms with E-state index in [1.807, 2.05) is 12.1 Å². The fraction of sp³-hybridized carbons (Fsp3) is 0.0566. The average molecular weight is 703 g/mol. The molecule has 55 heavy (non-hydrogen) atoms. The van der Waals surface area contributed by atoms with Crippen LogP contribution in [0.25, 0.3) is 89.2 Å². The van der Waals surface area contributed by atoms with Gasteiger partial charge in [-0.2, -0.15) is 0 Å². The molecule has 0 amide bonds. The van der Waals surface area contributed by atoms with Crippen molar-refractivity contribution >= 4 is 10.8 Å². The van der Waals surface area contributed by atoms with Gasteiger partial charge in [-0.1, -0.05) is 196 Å². The Balaban J connectivity index is 1.01. The van der Waals surface area contributed by atoms with Crippen LogP contribution in [0.1, 0.15) is 25.0 Å². The monoisotopic (exact) mass is 702 g/mol. The maximum Gasteiger partial charge on any atom is 0.160 e. The van der Waals surface area contributed by atoms with Gasteiger partial charge in [-0.05, 0) is 78.5 Å². The first-order valence-electron chi connectivity index (χ1n) is 19.0. The molecule has 1 aromatic heterocycles. The van der Waals surface area contributed by atoms with Gasteiger partial charge in [0.15, 0.2) is 5.82 Å². The highest BCUT2D eigenvalue weighted by Gasteiger charge is 2.38. The standard InChI is InChI=1S/C53H38N2/c1-53(2)47-22-12-21-44(50(47)46-32-31-38-15-9-10-20-45(38)51(46)53)39-27-23-37(24-28-39)42-18-11-19-43(33-42)52-54-48(40-16-7-4-8-17-40)34-49(55-52)41-29-25-36(26-30-41)35-13-5-3-6-14-35/h3-34H,1-2H3. The first-order chi connectivity index (χ1) is 27.0. The van der Waals surface area contributed by atoms with Crippen LogP contribution in [0, 0.1) is 0 Å². The molecule has 2 heteroatoms. The van der Waals surface area contributed by atoms with Crippen LogP contribution in [0.3, 0.4) is 0 Å². The van der Waals surface area contributed by atoms with Crippen molar-refractivity contribution in [2.24, 2.45) is 0 Å². The molecule has 0 spiro atoms. The second-order valence-corrected chi connectivity index (χ2v) is 15.0. The summed E-state index contributed by atoms with van der Waals surface area (Å²) < 4.78 is 0. The Kier molecular flexibility index (Phi) is 7.85. The lowest BCUT2D eigenvalue weighted by Crippen LogP contribution is -2.15. The molecule has 2 nitrogen and oxygen atoms in total. The predicted octanol–water partition coefficient (Wildman–Crippen LogP) is 13.9. The number of rotatable bonds is 6. The maximum absolute atomic E-state index is 5.16. The molecule has 0 radical (unpaired) electrons. The van der Waals surface area contributed by atoms with Crippen molar-refractivity contribution in [3.05, 3.63) is 205 Å². The lowest BCUT2D eigenvalue weighted by atomic mass is 9.80. The average Bonchev–Trinajstić information content (AvgIpc) is 3.50. The molecule has 0 N–H and O–H groups in total. The van der Waals surface area contributed by atoms with Crippen molar-refractivity contribution in [2.75, 3.05) is 0 Å². The zero-order valence-corrected chi connectivity index (χ0v) is 30.9. The Bertz CT molecular complexity index is 2850. The first kappa shape index (κ1) is 32.7. The molecule has 0 saturated carbocycles. The molecule has 0 aliphatic heterocycles. The number of nitrogens with zero attached hydrogens (tertiary/aromatic N) is 2. The van der Waals surface area contributed by atoms with E-state index in [0.717, 1.165) is 39.2 Å². The van der Waals surface area contributed by atoms with Gasteiger partial charge in [0.25, 0.3) is 0 Å². The molecule has 0 unspecified atom stereocenters. The Hall–Kier alpha value is -6.90. The highest BCUT2D eigenvalue weighted by molar-refractivity contribution is 6.01. The van der Waals surface area contributed by atoms with E-state index < -0.39 is 0 Å². The summed E-state index contributed by atoms with van der Waals surface area (Å²) in [5, 5.41) is 2.63. The van der Waals surface area contributed by atoms with Gasteiger partial charge in [0.1, 0.15) is 0 Å². The van der Waals surface area contributed by atoms with Crippen LogP contribution >= 0.6 is 0 Å². The van der Waals surface area contributed by atoms with Crippen molar-refractivity contribution < 1.29 is 0 Å². The fourth-order valence-corrected chi connectivity index (χ4v) is 8.52. The van der Waals surface area contributed by atoms with Crippen molar-refractivity contribution in [2.45, 2.75) is 19.3 Å². The van der Waals surface area contributed by atoms with Crippen LogP contribution in [0.4, 0.5) is 0 Å². The lowest BCUT2D eigenvalue weighted by molar-refractivity contribution is 0.666. The van der Waals surface area contributed by atoms with Gasteiger partial charge in [0.2, 0.25) is 0 Å². The van der Waals surface area contributed by atoms with Gasteiger partial charge in [0.05, 0.1) is 11.4 Å². The predicted molar refractivity (Wildman–Crippen MR) is 230 cm³/mol. The third-order valence-electron chi connectivity index (χ3n) is 11.3. The molecule has 260 valence electrons. The van der Waals surface area contributed by atoms with Crippen LogP contribution in [0.5, 0.6) is 0 Å². The molecule has 1 heterocycles. The highest BCUT2D eigenvalue weighted by Crippen LogP contribution is 2.54. The lowest BCUT2D eigenvalue weighted by Gasteiger charge is -2.23. The Morgan fingerprint density at radius 1 is 0.364 bits per heavy atom. The summed E-state index contributed by atoms with van der Waals surface area (Å²) >= 11 is 0. The third-order valence-corrected chi connectivity index (χ3v) is 11.3. The second-order valence-electron chi connectivity index (χ2n) is 15.0. The van der Waals surface area contributed by atoms with E-state index in [4.69, 9.17) is 9.97 Å². The Morgan fingerprint density at radius 3 is 1.62 bits per heavy atom. The molecule has 0 fully saturated rings. The van der Waals surface area contributed by atoms with Gasteiger partial charge >= 0.3 is 0 Å². The van der Waals surface area contributed by atoms with Crippen molar-refractivity contribution in [1.29, 1.82) is 0 Å².